The number of nitrogens with zero attached hydrogens (tertiary/aromatic N) is 2. The van der Waals surface area contributed by atoms with Crippen LogP contribution in [0.4, 0.5) is 0 Å². The van der Waals surface area contributed by atoms with Gasteiger partial charge in [-0.1, -0.05) is 30.3 Å². The van der Waals surface area contributed by atoms with Gasteiger partial charge >= 0.3 is 0 Å². The van der Waals surface area contributed by atoms with Crippen LogP contribution < -0.4 is 5.73 Å². The lowest BCUT2D eigenvalue weighted by molar-refractivity contribution is -0.118. The van der Waals surface area contributed by atoms with E-state index in [2.05, 4.69) is 15.0 Å². The minimum Gasteiger partial charge on any atom is -0.369 e. The number of hydrogen-bond acceptors (Lipinski definition) is 3. The molecule has 0 spiro atoms. The van der Waals surface area contributed by atoms with Crippen LogP contribution in [-0.4, -0.2) is 20.9 Å². The van der Waals surface area contributed by atoms with Crippen molar-refractivity contribution in [1.29, 1.82) is 0 Å². The molecule has 1 aromatic carbocycles. The molecule has 0 bridgehead atoms. The van der Waals surface area contributed by atoms with Crippen LogP contribution in [0.1, 0.15) is 17.2 Å². The van der Waals surface area contributed by atoms with Crippen LogP contribution in [0.3, 0.4) is 0 Å². The van der Waals surface area contributed by atoms with Gasteiger partial charge in [0.25, 0.3) is 0 Å². The van der Waals surface area contributed by atoms with Gasteiger partial charge in [0, 0.05) is 0 Å². The average molecular weight is 252 g/mol. The molecule has 1 amide bonds. The zero-order valence-corrected chi connectivity index (χ0v) is 10.1. The van der Waals surface area contributed by atoms with Crippen molar-refractivity contribution in [3.05, 3.63) is 60.0 Å². The Morgan fingerprint density at radius 3 is 2.68 bits per heavy atom. The third-order valence-electron chi connectivity index (χ3n) is 3.02. The Morgan fingerprint density at radius 1 is 1.16 bits per heavy atom. The number of nitrogens with one attached hydrogen (secondary N) is 1. The summed E-state index contributed by atoms with van der Waals surface area (Å²) in [7, 11) is 0. The normalized spacial score (nSPS) is 12.4. The molecule has 0 aliphatic heterocycles. The fraction of sp³-hybridized carbons (Fsp3) is 0.0714. The molecule has 0 aliphatic rings. The number of pyridine rings is 1. The summed E-state index contributed by atoms with van der Waals surface area (Å²) in [4.78, 5) is 23.2. The first-order valence-corrected chi connectivity index (χ1v) is 5.90. The second-order valence-corrected chi connectivity index (χ2v) is 4.26. The molecule has 19 heavy (non-hydrogen) atoms. The summed E-state index contributed by atoms with van der Waals surface area (Å²) < 4.78 is 0. The lowest BCUT2D eigenvalue weighted by Gasteiger charge is -2.13. The van der Waals surface area contributed by atoms with E-state index >= 15 is 0 Å². The average Bonchev–Trinajstić information content (AvgIpc) is 2.87. The Kier molecular flexibility index (Phi) is 2.72. The van der Waals surface area contributed by atoms with Crippen LogP contribution in [0.2, 0.25) is 0 Å². The molecule has 1 unspecified atom stereocenters. The zero-order chi connectivity index (χ0) is 13.2. The van der Waals surface area contributed by atoms with E-state index in [1.54, 1.807) is 12.4 Å². The van der Waals surface area contributed by atoms with Crippen LogP contribution >= 0.6 is 0 Å². The molecular weight excluding hydrogens is 240 g/mol. The standard InChI is InChI=1S/C14H12N4O/c15-13(19)12(9-4-2-1-3-5-9)10-6-7-11-14(18-10)17-8-16-11/h1-8,12H,(H2,15,19)(H,16,17,18). The van der Waals surface area contributed by atoms with Crippen LogP contribution in [-0.2, 0) is 4.79 Å². The number of carbonyl (C=O) groups is 1. The van der Waals surface area contributed by atoms with Gasteiger partial charge in [-0.3, -0.25) is 4.79 Å². The van der Waals surface area contributed by atoms with E-state index in [1.165, 1.54) is 0 Å². The predicted octanol–water partition coefficient (Wildman–Crippen LogP) is 1.58. The Hall–Kier alpha value is -2.69. The van der Waals surface area contributed by atoms with Crippen molar-refractivity contribution in [3.63, 3.8) is 0 Å². The number of imidazole rings is 1. The smallest absolute Gasteiger partial charge is 0.231 e. The summed E-state index contributed by atoms with van der Waals surface area (Å²) in [5.74, 6) is -0.976. The van der Waals surface area contributed by atoms with Crippen molar-refractivity contribution in [2.45, 2.75) is 5.92 Å². The molecule has 1 atom stereocenters. The number of primary amides is 1. The van der Waals surface area contributed by atoms with Crippen LogP contribution in [0.25, 0.3) is 11.2 Å². The number of fused-ring (bicyclic) bond motifs is 1. The molecule has 0 saturated carbocycles. The number of H-pyrrole nitrogens is 1. The number of aromatic nitrogens is 3. The summed E-state index contributed by atoms with van der Waals surface area (Å²) in [5, 5.41) is 0. The lowest BCUT2D eigenvalue weighted by Crippen LogP contribution is -2.23. The van der Waals surface area contributed by atoms with Gasteiger partial charge in [0.05, 0.1) is 17.5 Å². The predicted molar refractivity (Wildman–Crippen MR) is 71.4 cm³/mol. The monoisotopic (exact) mass is 252 g/mol. The first-order valence-electron chi connectivity index (χ1n) is 5.90. The van der Waals surface area contributed by atoms with E-state index in [0.29, 0.717) is 11.3 Å². The molecule has 0 aliphatic carbocycles. The summed E-state index contributed by atoms with van der Waals surface area (Å²) in [6, 6.07) is 13.0. The van der Waals surface area contributed by atoms with E-state index in [1.807, 2.05) is 36.4 Å². The Bertz CT molecular complexity index is 720. The lowest BCUT2D eigenvalue weighted by atomic mass is 9.94. The topological polar surface area (TPSA) is 84.7 Å². The highest BCUT2D eigenvalue weighted by Crippen LogP contribution is 2.23. The largest absolute Gasteiger partial charge is 0.369 e. The SMILES string of the molecule is NC(=O)C(c1ccccc1)c1ccc2[nH]cnc2n1. The molecule has 0 radical (unpaired) electrons. The van der Waals surface area contributed by atoms with Crippen molar-refractivity contribution < 1.29 is 4.79 Å². The Labute approximate surface area is 109 Å². The molecule has 0 saturated heterocycles. The van der Waals surface area contributed by atoms with Gasteiger partial charge < -0.3 is 10.7 Å². The molecule has 2 aromatic heterocycles. The van der Waals surface area contributed by atoms with E-state index in [9.17, 15) is 4.79 Å². The number of nitrogens with two attached hydrogens (primary N) is 1. The molecule has 3 rings (SSSR count). The van der Waals surface area contributed by atoms with E-state index < -0.39 is 11.8 Å². The first kappa shape index (κ1) is 11.4. The Balaban J connectivity index is 2.12. The molecule has 5 heteroatoms. The molecule has 2 heterocycles. The summed E-state index contributed by atoms with van der Waals surface area (Å²) in [6.07, 6.45) is 1.57. The quantitative estimate of drug-likeness (QED) is 0.742. The molecule has 94 valence electrons. The number of benzene rings is 1. The summed E-state index contributed by atoms with van der Waals surface area (Å²) >= 11 is 0. The van der Waals surface area contributed by atoms with Gasteiger partial charge in [-0.25, -0.2) is 9.97 Å². The first-order chi connectivity index (χ1) is 9.25. The number of hydrogen-bond donors (Lipinski definition) is 2. The van der Waals surface area contributed by atoms with Crippen molar-refractivity contribution >= 4 is 17.1 Å². The van der Waals surface area contributed by atoms with Crippen molar-refractivity contribution in [2.75, 3.05) is 0 Å². The fourth-order valence-corrected chi connectivity index (χ4v) is 2.12. The second-order valence-electron chi connectivity index (χ2n) is 4.26. The zero-order valence-electron chi connectivity index (χ0n) is 10.1. The summed E-state index contributed by atoms with van der Waals surface area (Å²) in [6.45, 7) is 0. The highest BCUT2D eigenvalue weighted by atomic mass is 16.1. The van der Waals surface area contributed by atoms with Gasteiger partial charge in [-0.05, 0) is 17.7 Å². The minimum atomic E-state index is -0.553. The van der Waals surface area contributed by atoms with E-state index in [-0.39, 0.29) is 0 Å². The number of aromatic amines is 1. The number of carbonyl (C=O) groups excluding carboxylic acids is 1. The molecule has 3 N–H and O–H groups in total. The van der Waals surface area contributed by atoms with E-state index in [0.717, 1.165) is 11.1 Å². The highest BCUT2D eigenvalue weighted by molar-refractivity contribution is 5.85. The van der Waals surface area contributed by atoms with Crippen molar-refractivity contribution in [2.24, 2.45) is 5.73 Å². The van der Waals surface area contributed by atoms with Crippen molar-refractivity contribution in [1.82, 2.24) is 15.0 Å². The molecule has 0 fully saturated rings. The number of amides is 1. The molecule has 3 aromatic rings. The molecule has 5 nitrogen and oxygen atoms in total. The van der Waals surface area contributed by atoms with Crippen LogP contribution in [0.15, 0.2) is 48.8 Å². The highest BCUT2D eigenvalue weighted by Gasteiger charge is 2.21. The van der Waals surface area contributed by atoms with Gasteiger partial charge in [0.2, 0.25) is 5.91 Å². The second kappa shape index (κ2) is 4.53. The number of rotatable bonds is 3. The fourth-order valence-electron chi connectivity index (χ4n) is 2.12. The minimum absolute atomic E-state index is 0.423. The van der Waals surface area contributed by atoms with Crippen molar-refractivity contribution in [3.8, 4) is 0 Å². The van der Waals surface area contributed by atoms with Gasteiger partial charge in [0.1, 0.15) is 5.92 Å². The van der Waals surface area contributed by atoms with Crippen LogP contribution in [0.5, 0.6) is 0 Å². The van der Waals surface area contributed by atoms with Gasteiger partial charge in [-0.15, -0.1) is 0 Å². The maximum absolute atomic E-state index is 11.7. The van der Waals surface area contributed by atoms with Crippen LogP contribution in [0, 0.1) is 0 Å². The van der Waals surface area contributed by atoms with Gasteiger partial charge in [0.15, 0.2) is 5.65 Å². The Morgan fingerprint density at radius 2 is 1.95 bits per heavy atom. The third kappa shape index (κ3) is 2.06. The maximum atomic E-state index is 11.7. The third-order valence-corrected chi connectivity index (χ3v) is 3.02. The van der Waals surface area contributed by atoms with Gasteiger partial charge in [-0.2, -0.15) is 0 Å². The molecular formula is C14H12N4O. The summed E-state index contributed by atoms with van der Waals surface area (Å²) in [5.41, 5.74) is 8.37. The van der Waals surface area contributed by atoms with E-state index in [4.69, 9.17) is 5.73 Å². The maximum Gasteiger partial charge on any atom is 0.231 e.